The molecule has 0 unspecified atom stereocenters. The summed E-state index contributed by atoms with van der Waals surface area (Å²) in [5.41, 5.74) is 0.504. The lowest BCUT2D eigenvalue weighted by Crippen LogP contribution is -2.45. The van der Waals surface area contributed by atoms with E-state index in [0.29, 0.717) is 35.5 Å². The number of carbonyl (C=O) groups is 1. The summed E-state index contributed by atoms with van der Waals surface area (Å²) in [5, 5.41) is 0. The molecule has 2 rings (SSSR count). The largest absolute Gasteiger partial charge is 0.496 e. The first kappa shape index (κ1) is 16.0. The minimum Gasteiger partial charge on any atom is -0.496 e. The van der Waals surface area contributed by atoms with Gasteiger partial charge in [0.25, 0.3) is 5.91 Å². The average molecular weight is 312 g/mol. The minimum atomic E-state index is -0.0286. The molecule has 1 saturated carbocycles. The molecule has 1 amide bonds. The first-order chi connectivity index (χ1) is 10.2. The molecule has 0 bridgehead atoms. The van der Waals surface area contributed by atoms with Crippen molar-refractivity contribution in [1.82, 2.24) is 4.90 Å². The summed E-state index contributed by atoms with van der Waals surface area (Å²) in [6.07, 6.45) is 4.09. The van der Waals surface area contributed by atoms with Crippen LogP contribution < -0.4 is 9.47 Å². The van der Waals surface area contributed by atoms with Crippen LogP contribution in [0.4, 0.5) is 0 Å². The van der Waals surface area contributed by atoms with Gasteiger partial charge in [0, 0.05) is 18.5 Å². The molecule has 1 fully saturated rings. The third kappa shape index (κ3) is 3.43. The number of methoxy groups -OCH3 is 2. The highest BCUT2D eigenvalue weighted by molar-refractivity contribution is 6.17. The third-order valence-corrected chi connectivity index (χ3v) is 4.22. The smallest absolute Gasteiger partial charge is 0.261 e. The monoisotopic (exact) mass is 311 g/mol. The van der Waals surface area contributed by atoms with Gasteiger partial charge in [-0.1, -0.05) is 6.07 Å². The van der Waals surface area contributed by atoms with E-state index in [4.69, 9.17) is 21.1 Å². The van der Waals surface area contributed by atoms with E-state index in [9.17, 15) is 4.79 Å². The van der Waals surface area contributed by atoms with E-state index in [1.165, 1.54) is 6.42 Å². The fourth-order valence-corrected chi connectivity index (χ4v) is 2.70. The number of halogens is 1. The number of benzene rings is 1. The molecule has 0 aliphatic heterocycles. The van der Waals surface area contributed by atoms with Crippen molar-refractivity contribution in [2.75, 3.05) is 26.6 Å². The number of alkyl halides is 1. The first-order valence-electron chi connectivity index (χ1n) is 7.30. The lowest BCUT2D eigenvalue weighted by Gasteiger charge is -2.38. The van der Waals surface area contributed by atoms with E-state index in [1.807, 2.05) is 11.0 Å². The SMILES string of the molecule is COc1cccc(OC)c1C(=O)N(CCCCl)C1CCC1. The molecule has 0 aromatic heterocycles. The van der Waals surface area contributed by atoms with Crippen molar-refractivity contribution in [3.05, 3.63) is 23.8 Å². The lowest BCUT2D eigenvalue weighted by molar-refractivity contribution is 0.0574. The second-order valence-electron chi connectivity index (χ2n) is 5.16. The van der Waals surface area contributed by atoms with Gasteiger partial charge < -0.3 is 14.4 Å². The van der Waals surface area contributed by atoms with Gasteiger partial charge in [0.1, 0.15) is 17.1 Å². The van der Waals surface area contributed by atoms with Crippen molar-refractivity contribution >= 4 is 17.5 Å². The summed E-state index contributed by atoms with van der Waals surface area (Å²) in [7, 11) is 3.13. The molecule has 0 heterocycles. The highest BCUT2D eigenvalue weighted by Crippen LogP contribution is 2.33. The number of carbonyl (C=O) groups excluding carboxylic acids is 1. The van der Waals surface area contributed by atoms with Gasteiger partial charge in [-0.2, -0.15) is 0 Å². The van der Waals surface area contributed by atoms with Crippen LogP contribution in [0.2, 0.25) is 0 Å². The Morgan fingerprint density at radius 1 is 1.29 bits per heavy atom. The van der Waals surface area contributed by atoms with E-state index in [1.54, 1.807) is 26.4 Å². The van der Waals surface area contributed by atoms with E-state index < -0.39 is 0 Å². The summed E-state index contributed by atoms with van der Waals surface area (Å²) >= 11 is 5.79. The minimum absolute atomic E-state index is 0.0286. The molecule has 4 nitrogen and oxygen atoms in total. The van der Waals surface area contributed by atoms with Crippen molar-refractivity contribution in [1.29, 1.82) is 0 Å². The van der Waals surface area contributed by atoms with Crippen molar-refractivity contribution in [3.63, 3.8) is 0 Å². The number of hydrogen-bond acceptors (Lipinski definition) is 3. The molecular formula is C16H22ClNO3. The summed E-state index contributed by atoms with van der Waals surface area (Å²) in [6.45, 7) is 0.675. The topological polar surface area (TPSA) is 38.8 Å². The number of ether oxygens (including phenoxy) is 2. The Balaban J connectivity index is 2.30. The van der Waals surface area contributed by atoms with E-state index in [2.05, 4.69) is 0 Å². The summed E-state index contributed by atoms with van der Waals surface area (Å²) in [6, 6.07) is 5.71. The molecular weight excluding hydrogens is 290 g/mol. The van der Waals surface area contributed by atoms with Crippen LogP contribution in [0.15, 0.2) is 18.2 Å². The normalized spacial score (nSPS) is 14.4. The second-order valence-corrected chi connectivity index (χ2v) is 5.54. The Bertz CT molecular complexity index is 466. The number of rotatable bonds is 7. The maximum absolute atomic E-state index is 13.0. The first-order valence-corrected chi connectivity index (χ1v) is 7.84. The van der Waals surface area contributed by atoms with Crippen molar-refractivity contribution in [3.8, 4) is 11.5 Å². The van der Waals surface area contributed by atoms with Gasteiger partial charge in [0.05, 0.1) is 14.2 Å². The average Bonchev–Trinajstić information content (AvgIpc) is 2.47. The van der Waals surface area contributed by atoms with Crippen molar-refractivity contribution in [2.45, 2.75) is 31.7 Å². The Labute approximate surface area is 131 Å². The van der Waals surface area contributed by atoms with Crippen molar-refractivity contribution in [2.24, 2.45) is 0 Å². The van der Waals surface area contributed by atoms with Crippen LogP contribution in [0.25, 0.3) is 0 Å². The fourth-order valence-electron chi connectivity index (χ4n) is 2.58. The molecule has 5 heteroatoms. The summed E-state index contributed by atoms with van der Waals surface area (Å²) < 4.78 is 10.7. The van der Waals surface area contributed by atoms with Gasteiger partial charge in [0.2, 0.25) is 0 Å². The van der Waals surface area contributed by atoms with E-state index in [-0.39, 0.29) is 5.91 Å². The van der Waals surface area contributed by atoms with Gasteiger partial charge in [0.15, 0.2) is 0 Å². The van der Waals surface area contributed by atoms with E-state index in [0.717, 1.165) is 19.3 Å². The lowest BCUT2D eigenvalue weighted by atomic mass is 9.90. The standard InChI is InChI=1S/C16H22ClNO3/c1-20-13-8-4-9-14(21-2)15(13)16(19)18(11-5-10-17)12-6-3-7-12/h4,8-9,12H,3,5-7,10-11H2,1-2H3. The van der Waals surface area contributed by atoms with Crippen LogP contribution in [0.5, 0.6) is 11.5 Å². The zero-order valence-corrected chi connectivity index (χ0v) is 13.4. The number of hydrogen-bond donors (Lipinski definition) is 0. The number of nitrogens with zero attached hydrogens (tertiary/aromatic N) is 1. The molecule has 0 atom stereocenters. The molecule has 1 aromatic carbocycles. The Morgan fingerprint density at radius 3 is 2.33 bits per heavy atom. The predicted molar refractivity (Wildman–Crippen MR) is 83.6 cm³/mol. The molecule has 0 N–H and O–H groups in total. The highest BCUT2D eigenvalue weighted by Gasteiger charge is 2.32. The highest BCUT2D eigenvalue weighted by atomic mass is 35.5. The molecule has 1 aliphatic carbocycles. The molecule has 1 aliphatic rings. The molecule has 116 valence electrons. The number of amides is 1. The van der Waals surface area contributed by atoms with Gasteiger partial charge in [-0.25, -0.2) is 0 Å². The third-order valence-electron chi connectivity index (χ3n) is 3.95. The quantitative estimate of drug-likeness (QED) is 0.725. The van der Waals surface area contributed by atoms with Gasteiger partial charge in [-0.15, -0.1) is 11.6 Å². The second kappa shape index (κ2) is 7.55. The maximum Gasteiger partial charge on any atom is 0.261 e. The van der Waals surface area contributed by atoms with Crippen LogP contribution >= 0.6 is 11.6 Å². The van der Waals surface area contributed by atoms with Crippen LogP contribution in [0.3, 0.4) is 0 Å². The fraction of sp³-hybridized carbons (Fsp3) is 0.562. The molecule has 21 heavy (non-hydrogen) atoms. The Hall–Kier alpha value is -1.42. The van der Waals surface area contributed by atoms with Crippen LogP contribution in [0, 0.1) is 0 Å². The van der Waals surface area contributed by atoms with Gasteiger partial charge in [-0.05, 0) is 37.8 Å². The molecule has 0 saturated heterocycles. The zero-order chi connectivity index (χ0) is 15.2. The molecule has 0 spiro atoms. The Kier molecular flexibility index (Phi) is 5.74. The van der Waals surface area contributed by atoms with Gasteiger partial charge >= 0.3 is 0 Å². The van der Waals surface area contributed by atoms with Crippen molar-refractivity contribution < 1.29 is 14.3 Å². The predicted octanol–water partition coefficient (Wildman–Crippen LogP) is 3.33. The maximum atomic E-state index is 13.0. The van der Waals surface area contributed by atoms with Crippen LogP contribution in [0.1, 0.15) is 36.0 Å². The Morgan fingerprint density at radius 2 is 1.90 bits per heavy atom. The van der Waals surface area contributed by atoms with Gasteiger partial charge in [-0.3, -0.25) is 4.79 Å². The van der Waals surface area contributed by atoms with Crippen LogP contribution in [-0.4, -0.2) is 43.5 Å². The summed E-state index contributed by atoms with van der Waals surface area (Å²) in [5.74, 6) is 1.63. The van der Waals surface area contributed by atoms with Crippen LogP contribution in [-0.2, 0) is 0 Å². The summed E-state index contributed by atoms with van der Waals surface area (Å²) in [4.78, 5) is 14.9. The zero-order valence-electron chi connectivity index (χ0n) is 12.6. The molecule has 1 aromatic rings. The van der Waals surface area contributed by atoms with E-state index >= 15 is 0 Å². The molecule has 0 radical (unpaired) electrons.